The molecule has 2 heterocycles. The van der Waals surface area contributed by atoms with Crippen LogP contribution in [0.15, 0.2) is 5.38 Å². The average molecular weight is 288 g/mol. The van der Waals surface area contributed by atoms with Crippen molar-refractivity contribution in [1.29, 1.82) is 0 Å². The Hall–Kier alpha value is -0.460. The second kappa shape index (κ2) is 4.90. The van der Waals surface area contributed by atoms with Crippen molar-refractivity contribution in [2.24, 2.45) is 0 Å². The number of aromatic nitrogens is 1. The van der Waals surface area contributed by atoms with E-state index in [1.807, 2.05) is 12.3 Å². The Balaban J connectivity index is 2.36. The molecular weight excluding hydrogens is 268 g/mol. The van der Waals surface area contributed by atoms with Crippen molar-refractivity contribution in [2.45, 2.75) is 38.6 Å². The Morgan fingerprint density at radius 1 is 1.56 bits per heavy atom. The molecule has 1 fully saturated rings. The van der Waals surface area contributed by atoms with Crippen molar-refractivity contribution in [3.63, 3.8) is 0 Å². The van der Waals surface area contributed by atoms with Crippen LogP contribution in [0.25, 0.3) is 0 Å². The largest absolute Gasteiger partial charge is 0.305 e. The lowest BCUT2D eigenvalue weighted by Crippen LogP contribution is -2.43. The van der Waals surface area contributed by atoms with E-state index in [9.17, 15) is 8.42 Å². The first-order chi connectivity index (χ1) is 8.38. The number of rotatable bonds is 4. The molecular formula is C12H20N2O2S2. The highest BCUT2D eigenvalue weighted by atomic mass is 32.2. The lowest BCUT2D eigenvalue weighted by atomic mass is 10.00. The highest BCUT2D eigenvalue weighted by Gasteiger charge is 2.45. The smallest absolute Gasteiger partial charge is 0.152 e. The van der Waals surface area contributed by atoms with Crippen molar-refractivity contribution in [3.8, 4) is 0 Å². The lowest BCUT2D eigenvalue weighted by Gasteiger charge is -2.26. The van der Waals surface area contributed by atoms with E-state index in [4.69, 9.17) is 0 Å². The first-order valence-electron chi connectivity index (χ1n) is 6.30. The van der Waals surface area contributed by atoms with Crippen molar-refractivity contribution in [1.82, 2.24) is 10.3 Å². The molecule has 0 radical (unpaired) electrons. The van der Waals surface area contributed by atoms with Gasteiger partial charge in [0, 0.05) is 5.38 Å². The maximum atomic E-state index is 11.8. The van der Waals surface area contributed by atoms with Gasteiger partial charge in [-0.15, -0.1) is 11.3 Å². The number of nitrogens with zero attached hydrogens (tertiary/aromatic N) is 1. The second-order valence-corrected chi connectivity index (χ2v) is 8.23. The molecule has 0 aromatic carbocycles. The molecule has 2 rings (SSSR count). The third kappa shape index (κ3) is 2.60. The average Bonchev–Trinajstić information content (AvgIpc) is 2.84. The first kappa shape index (κ1) is 14.0. The minimum atomic E-state index is -2.93. The quantitative estimate of drug-likeness (QED) is 0.919. The van der Waals surface area contributed by atoms with Crippen molar-refractivity contribution >= 4 is 21.2 Å². The van der Waals surface area contributed by atoms with Gasteiger partial charge in [0.2, 0.25) is 0 Å². The summed E-state index contributed by atoms with van der Waals surface area (Å²) in [6.45, 7) is 6.96. The Kier molecular flexibility index (Phi) is 3.80. The Morgan fingerprint density at radius 3 is 2.72 bits per heavy atom. The van der Waals surface area contributed by atoms with Crippen LogP contribution in [0, 0.1) is 0 Å². The Labute approximate surface area is 113 Å². The van der Waals surface area contributed by atoms with Gasteiger partial charge in [-0.05, 0) is 18.9 Å². The van der Waals surface area contributed by atoms with Crippen LogP contribution >= 0.6 is 11.3 Å². The molecule has 1 atom stereocenters. The van der Waals surface area contributed by atoms with Gasteiger partial charge in [0.15, 0.2) is 9.84 Å². The molecule has 102 valence electrons. The summed E-state index contributed by atoms with van der Waals surface area (Å²) >= 11 is 1.58. The topological polar surface area (TPSA) is 59.1 Å². The summed E-state index contributed by atoms with van der Waals surface area (Å²) in [5.41, 5.74) is 0.599. The maximum absolute atomic E-state index is 11.8. The van der Waals surface area contributed by atoms with Crippen LogP contribution in [0.5, 0.6) is 0 Å². The molecule has 4 nitrogen and oxygen atoms in total. The maximum Gasteiger partial charge on any atom is 0.152 e. The van der Waals surface area contributed by atoms with Gasteiger partial charge >= 0.3 is 0 Å². The van der Waals surface area contributed by atoms with Crippen molar-refractivity contribution in [2.75, 3.05) is 18.1 Å². The van der Waals surface area contributed by atoms with Gasteiger partial charge in [0.1, 0.15) is 5.01 Å². The SMILES string of the molecule is CCNC1(c2nc(C(C)C)cs2)CCS(=O)(=O)C1. The van der Waals surface area contributed by atoms with E-state index in [2.05, 4.69) is 24.1 Å². The molecule has 0 aliphatic carbocycles. The number of nitrogens with one attached hydrogen (secondary N) is 1. The van der Waals surface area contributed by atoms with Crippen LogP contribution < -0.4 is 5.32 Å². The number of sulfone groups is 1. The zero-order chi connectivity index (χ0) is 13.4. The zero-order valence-electron chi connectivity index (χ0n) is 11.1. The Bertz CT molecular complexity index is 522. The van der Waals surface area contributed by atoms with Crippen molar-refractivity contribution < 1.29 is 8.42 Å². The van der Waals surface area contributed by atoms with Gasteiger partial charge in [0.05, 0.1) is 22.7 Å². The highest BCUT2D eigenvalue weighted by molar-refractivity contribution is 7.91. The van der Waals surface area contributed by atoms with E-state index < -0.39 is 15.4 Å². The van der Waals surface area contributed by atoms with Crippen LogP contribution in [0.1, 0.15) is 43.8 Å². The van der Waals surface area contributed by atoms with E-state index in [-0.39, 0.29) is 11.5 Å². The lowest BCUT2D eigenvalue weighted by molar-refractivity contribution is 0.382. The standard InChI is InChI=1S/C12H20N2O2S2/c1-4-13-12(5-6-18(15,16)8-12)11-14-10(7-17-11)9(2)3/h7,9,13H,4-6,8H2,1-3H3. The summed E-state index contributed by atoms with van der Waals surface area (Å²) in [5.74, 6) is 0.821. The monoisotopic (exact) mass is 288 g/mol. The summed E-state index contributed by atoms with van der Waals surface area (Å²) in [7, 11) is -2.93. The van der Waals surface area contributed by atoms with E-state index in [0.717, 1.165) is 17.2 Å². The van der Waals surface area contributed by atoms with Gasteiger partial charge in [-0.3, -0.25) is 0 Å². The summed E-state index contributed by atoms with van der Waals surface area (Å²) in [6.07, 6.45) is 0.633. The fourth-order valence-corrected chi connectivity index (χ4v) is 5.56. The third-order valence-corrected chi connectivity index (χ3v) is 6.17. The summed E-state index contributed by atoms with van der Waals surface area (Å²) in [4.78, 5) is 4.64. The zero-order valence-corrected chi connectivity index (χ0v) is 12.7. The van der Waals surface area contributed by atoms with Crippen LogP contribution in [0.3, 0.4) is 0 Å². The molecule has 1 N–H and O–H groups in total. The molecule has 0 spiro atoms. The third-order valence-electron chi connectivity index (χ3n) is 3.34. The Morgan fingerprint density at radius 2 is 2.28 bits per heavy atom. The molecule has 0 saturated carbocycles. The number of thiazole rings is 1. The molecule has 0 amide bonds. The molecule has 6 heteroatoms. The molecule has 18 heavy (non-hydrogen) atoms. The fraction of sp³-hybridized carbons (Fsp3) is 0.750. The van der Waals surface area contributed by atoms with E-state index >= 15 is 0 Å². The normalized spacial score (nSPS) is 26.9. The minimum Gasteiger partial charge on any atom is -0.305 e. The molecule has 1 aliphatic rings. The van der Waals surface area contributed by atoms with Gasteiger partial charge < -0.3 is 5.32 Å². The predicted molar refractivity (Wildman–Crippen MR) is 74.8 cm³/mol. The predicted octanol–water partition coefficient (Wildman–Crippen LogP) is 1.89. The van der Waals surface area contributed by atoms with E-state index in [1.165, 1.54) is 0 Å². The van der Waals surface area contributed by atoms with Crippen LogP contribution in [0.4, 0.5) is 0 Å². The van der Waals surface area contributed by atoms with Crippen LogP contribution in [0.2, 0.25) is 0 Å². The molecule has 1 aromatic rings. The van der Waals surface area contributed by atoms with Crippen LogP contribution in [-0.4, -0.2) is 31.5 Å². The van der Waals surface area contributed by atoms with E-state index in [0.29, 0.717) is 12.3 Å². The van der Waals surface area contributed by atoms with E-state index in [1.54, 1.807) is 11.3 Å². The summed E-state index contributed by atoms with van der Waals surface area (Å²) in [6, 6.07) is 0. The van der Waals surface area contributed by atoms with Crippen molar-refractivity contribution in [3.05, 3.63) is 16.1 Å². The first-order valence-corrected chi connectivity index (χ1v) is 9.00. The number of hydrogen-bond acceptors (Lipinski definition) is 5. The van der Waals surface area contributed by atoms with Gasteiger partial charge in [-0.2, -0.15) is 0 Å². The minimum absolute atomic E-state index is 0.179. The van der Waals surface area contributed by atoms with Gasteiger partial charge in [-0.25, -0.2) is 13.4 Å². The van der Waals surface area contributed by atoms with Gasteiger partial charge in [0.25, 0.3) is 0 Å². The molecule has 0 bridgehead atoms. The summed E-state index contributed by atoms with van der Waals surface area (Å²) in [5, 5.41) is 6.32. The molecule has 1 aliphatic heterocycles. The molecule has 1 saturated heterocycles. The molecule has 1 unspecified atom stereocenters. The number of hydrogen-bond donors (Lipinski definition) is 1. The fourth-order valence-electron chi connectivity index (χ4n) is 2.34. The highest BCUT2D eigenvalue weighted by Crippen LogP contribution is 2.36. The van der Waals surface area contributed by atoms with Gasteiger partial charge in [-0.1, -0.05) is 20.8 Å². The van der Waals surface area contributed by atoms with Crippen LogP contribution in [-0.2, 0) is 15.4 Å². The second-order valence-electron chi connectivity index (χ2n) is 5.19. The molecule has 1 aromatic heterocycles. The summed E-state index contributed by atoms with van der Waals surface area (Å²) < 4.78 is 23.5.